The molecule has 0 radical (unpaired) electrons. The standard InChI is InChI=1S/C18H38O3/c1-3-4-5-6-7-8-9-10-11-12-13-14-15-21-18(16-19)17-20-2/h18-19H,3-17H2,1-2H3. The minimum absolute atomic E-state index is 0.0477. The summed E-state index contributed by atoms with van der Waals surface area (Å²) in [7, 11) is 1.63. The zero-order chi connectivity index (χ0) is 15.6. The molecule has 0 rings (SSSR count). The molecule has 0 aromatic heterocycles. The van der Waals surface area contributed by atoms with Gasteiger partial charge in [0.1, 0.15) is 6.10 Å². The van der Waals surface area contributed by atoms with E-state index in [1.54, 1.807) is 7.11 Å². The Morgan fingerprint density at radius 3 is 1.67 bits per heavy atom. The number of aliphatic hydroxyl groups excluding tert-OH is 1. The van der Waals surface area contributed by atoms with E-state index in [9.17, 15) is 0 Å². The summed E-state index contributed by atoms with van der Waals surface area (Å²) < 4.78 is 10.5. The number of ether oxygens (including phenoxy) is 2. The molecule has 3 nitrogen and oxygen atoms in total. The highest BCUT2D eigenvalue weighted by atomic mass is 16.5. The van der Waals surface area contributed by atoms with Crippen LogP contribution in [0, 0.1) is 0 Å². The maximum atomic E-state index is 9.04. The van der Waals surface area contributed by atoms with Gasteiger partial charge in [-0.2, -0.15) is 0 Å². The Kier molecular flexibility index (Phi) is 17.8. The Hall–Kier alpha value is -0.120. The van der Waals surface area contributed by atoms with Crippen molar-refractivity contribution in [3.05, 3.63) is 0 Å². The van der Waals surface area contributed by atoms with Crippen molar-refractivity contribution in [1.29, 1.82) is 0 Å². The van der Waals surface area contributed by atoms with Gasteiger partial charge in [-0.05, 0) is 6.42 Å². The van der Waals surface area contributed by atoms with Crippen LogP contribution in [0.4, 0.5) is 0 Å². The van der Waals surface area contributed by atoms with Crippen LogP contribution in [-0.4, -0.2) is 38.1 Å². The summed E-state index contributed by atoms with van der Waals surface area (Å²) in [4.78, 5) is 0. The summed E-state index contributed by atoms with van der Waals surface area (Å²) in [6.45, 7) is 3.54. The van der Waals surface area contributed by atoms with E-state index >= 15 is 0 Å². The second kappa shape index (κ2) is 17.9. The van der Waals surface area contributed by atoms with E-state index in [4.69, 9.17) is 14.6 Å². The SMILES string of the molecule is CCCCCCCCCCCCCCOC(CO)COC. The maximum Gasteiger partial charge on any atom is 0.104 e. The second-order valence-electron chi connectivity index (χ2n) is 6.02. The highest BCUT2D eigenvalue weighted by molar-refractivity contribution is 4.54. The topological polar surface area (TPSA) is 38.7 Å². The predicted octanol–water partition coefficient (Wildman–Crippen LogP) is 4.71. The first kappa shape index (κ1) is 20.9. The summed E-state index contributed by atoms with van der Waals surface area (Å²) in [5.41, 5.74) is 0. The molecular formula is C18H38O3. The molecule has 1 atom stereocenters. The third-order valence-electron chi connectivity index (χ3n) is 3.91. The van der Waals surface area contributed by atoms with E-state index in [1.165, 1.54) is 70.6 Å². The Morgan fingerprint density at radius 1 is 0.762 bits per heavy atom. The number of hydrogen-bond acceptors (Lipinski definition) is 3. The number of aliphatic hydroxyl groups is 1. The van der Waals surface area contributed by atoms with Crippen molar-refractivity contribution in [3.8, 4) is 0 Å². The van der Waals surface area contributed by atoms with Crippen LogP contribution in [0.3, 0.4) is 0 Å². The molecule has 0 aliphatic carbocycles. The number of rotatable bonds is 17. The highest BCUT2D eigenvalue weighted by Gasteiger charge is 2.05. The second-order valence-corrected chi connectivity index (χ2v) is 6.02. The lowest BCUT2D eigenvalue weighted by Crippen LogP contribution is -2.23. The van der Waals surface area contributed by atoms with Gasteiger partial charge in [0.2, 0.25) is 0 Å². The van der Waals surface area contributed by atoms with E-state index in [1.807, 2.05) is 0 Å². The normalized spacial score (nSPS) is 12.7. The monoisotopic (exact) mass is 302 g/mol. The van der Waals surface area contributed by atoms with Gasteiger partial charge in [0.05, 0.1) is 13.2 Å². The van der Waals surface area contributed by atoms with Gasteiger partial charge in [-0.1, -0.05) is 77.6 Å². The van der Waals surface area contributed by atoms with Crippen molar-refractivity contribution in [1.82, 2.24) is 0 Å². The van der Waals surface area contributed by atoms with Gasteiger partial charge in [-0.25, -0.2) is 0 Å². The van der Waals surface area contributed by atoms with Gasteiger partial charge < -0.3 is 14.6 Å². The van der Waals surface area contributed by atoms with E-state index in [2.05, 4.69) is 6.92 Å². The molecule has 21 heavy (non-hydrogen) atoms. The molecule has 3 heteroatoms. The number of hydrogen-bond donors (Lipinski definition) is 1. The van der Waals surface area contributed by atoms with Crippen molar-refractivity contribution >= 4 is 0 Å². The van der Waals surface area contributed by atoms with Crippen LogP contribution in [0.15, 0.2) is 0 Å². The van der Waals surface area contributed by atoms with Crippen LogP contribution in [0.2, 0.25) is 0 Å². The smallest absolute Gasteiger partial charge is 0.104 e. The van der Waals surface area contributed by atoms with Crippen molar-refractivity contribution in [2.75, 3.05) is 26.9 Å². The third kappa shape index (κ3) is 16.1. The molecule has 1 unspecified atom stereocenters. The summed E-state index contributed by atoms with van der Waals surface area (Å²) >= 11 is 0. The summed E-state index contributed by atoms with van der Waals surface area (Å²) in [5, 5.41) is 9.04. The van der Waals surface area contributed by atoms with Gasteiger partial charge in [0.25, 0.3) is 0 Å². The van der Waals surface area contributed by atoms with E-state index < -0.39 is 0 Å². The Balaban J connectivity index is 3.08. The van der Waals surface area contributed by atoms with Crippen molar-refractivity contribution in [2.45, 2.75) is 90.1 Å². The van der Waals surface area contributed by atoms with Crippen LogP contribution in [0.25, 0.3) is 0 Å². The average molecular weight is 302 g/mol. The molecule has 0 spiro atoms. The Bertz CT molecular complexity index is 185. The quantitative estimate of drug-likeness (QED) is 0.395. The summed E-state index contributed by atoms with van der Waals surface area (Å²) in [6.07, 6.45) is 16.1. The lowest BCUT2D eigenvalue weighted by Gasteiger charge is -2.14. The van der Waals surface area contributed by atoms with Gasteiger partial charge in [0, 0.05) is 13.7 Å². The van der Waals surface area contributed by atoms with Gasteiger partial charge in [-0.15, -0.1) is 0 Å². The van der Waals surface area contributed by atoms with E-state index in [0.29, 0.717) is 6.61 Å². The molecule has 0 saturated heterocycles. The largest absolute Gasteiger partial charge is 0.394 e. The molecule has 0 aromatic carbocycles. The van der Waals surface area contributed by atoms with E-state index in [0.717, 1.165) is 13.0 Å². The molecule has 0 aliphatic heterocycles. The first-order chi connectivity index (χ1) is 10.3. The fraction of sp³-hybridized carbons (Fsp3) is 1.00. The molecule has 0 aliphatic rings. The van der Waals surface area contributed by atoms with Crippen LogP contribution in [-0.2, 0) is 9.47 Å². The molecule has 0 amide bonds. The summed E-state index contributed by atoms with van der Waals surface area (Å²) in [5.74, 6) is 0. The van der Waals surface area contributed by atoms with Crippen LogP contribution in [0.1, 0.15) is 84.0 Å². The van der Waals surface area contributed by atoms with E-state index in [-0.39, 0.29) is 12.7 Å². The molecule has 0 bridgehead atoms. The molecule has 128 valence electrons. The van der Waals surface area contributed by atoms with Crippen LogP contribution >= 0.6 is 0 Å². The van der Waals surface area contributed by atoms with Crippen molar-refractivity contribution in [3.63, 3.8) is 0 Å². The first-order valence-electron chi connectivity index (χ1n) is 9.06. The zero-order valence-electron chi connectivity index (χ0n) is 14.4. The molecule has 1 N–H and O–H groups in total. The van der Waals surface area contributed by atoms with Crippen molar-refractivity contribution in [2.24, 2.45) is 0 Å². The van der Waals surface area contributed by atoms with Crippen LogP contribution < -0.4 is 0 Å². The highest BCUT2D eigenvalue weighted by Crippen LogP contribution is 2.12. The average Bonchev–Trinajstić information content (AvgIpc) is 2.50. The number of methoxy groups -OCH3 is 1. The predicted molar refractivity (Wildman–Crippen MR) is 89.8 cm³/mol. The summed E-state index contributed by atoms with van der Waals surface area (Å²) in [6, 6.07) is 0. The molecule has 0 heterocycles. The lowest BCUT2D eigenvalue weighted by molar-refractivity contribution is -0.0321. The van der Waals surface area contributed by atoms with Gasteiger partial charge >= 0.3 is 0 Å². The van der Waals surface area contributed by atoms with Crippen LogP contribution in [0.5, 0.6) is 0 Å². The first-order valence-corrected chi connectivity index (χ1v) is 9.06. The van der Waals surface area contributed by atoms with Gasteiger partial charge in [0.15, 0.2) is 0 Å². The maximum absolute atomic E-state index is 9.04. The minimum Gasteiger partial charge on any atom is -0.394 e. The Labute approximate surface area is 132 Å². The van der Waals surface area contributed by atoms with Crippen molar-refractivity contribution < 1.29 is 14.6 Å². The molecule has 0 saturated carbocycles. The molecule has 0 aromatic rings. The fourth-order valence-electron chi connectivity index (χ4n) is 2.53. The molecule has 0 fully saturated rings. The third-order valence-corrected chi connectivity index (χ3v) is 3.91. The Morgan fingerprint density at radius 2 is 1.24 bits per heavy atom. The fourth-order valence-corrected chi connectivity index (χ4v) is 2.53. The van der Waals surface area contributed by atoms with Gasteiger partial charge in [-0.3, -0.25) is 0 Å². The lowest BCUT2D eigenvalue weighted by atomic mass is 10.1. The minimum atomic E-state index is -0.150. The number of unbranched alkanes of at least 4 members (excludes halogenated alkanes) is 11. The molecular weight excluding hydrogens is 264 g/mol. The zero-order valence-corrected chi connectivity index (χ0v) is 14.4.